The van der Waals surface area contributed by atoms with Crippen molar-refractivity contribution in [3.8, 4) is 0 Å². The first-order chi connectivity index (χ1) is 13.0. The lowest BCUT2D eigenvalue weighted by Gasteiger charge is -2.17. The Balaban J connectivity index is 1.95. The maximum absolute atomic E-state index is 12.6. The first-order valence-electron chi connectivity index (χ1n) is 8.70. The number of nitrogens with zero attached hydrogens (tertiary/aromatic N) is 2. The lowest BCUT2D eigenvalue weighted by atomic mass is 10.1. The van der Waals surface area contributed by atoms with Crippen molar-refractivity contribution in [2.75, 3.05) is 0 Å². The molecule has 6 nitrogen and oxygen atoms in total. The fraction of sp³-hybridized carbons (Fsp3) is 0.190. The van der Waals surface area contributed by atoms with Crippen LogP contribution >= 0.6 is 0 Å². The summed E-state index contributed by atoms with van der Waals surface area (Å²) in [7, 11) is 0. The van der Waals surface area contributed by atoms with Gasteiger partial charge in [0.05, 0.1) is 17.1 Å². The Kier molecular flexibility index (Phi) is 5.35. The maximum Gasteiger partial charge on any atom is 0.317 e. The van der Waals surface area contributed by atoms with Crippen LogP contribution < -0.4 is 16.4 Å². The van der Waals surface area contributed by atoms with Gasteiger partial charge in [-0.2, -0.15) is 0 Å². The van der Waals surface area contributed by atoms with Gasteiger partial charge in [0.25, 0.3) is 0 Å². The number of nitrogens with one attached hydrogen (secondary N) is 1. The molecule has 3 rings (SSSR count). The molecule has 0 fully saturated rings. The van der Waals surface area contributed by atoms with Crippen molar-refractivity contribution in [2.24, 2.45) is 0 Å². The van der Waals surface area contributed by atoms with Gasteiger partial charge in [-0.05, 0) is 24.6 Å². The van der Waals surface area contributed by atoms with Gasteiger partial charge in [0, 0.05) is 6.54 Å². The third-order valence-corrected chi connectivity index (χ3v) is 4.43. The van der Waals surface area contributed by atoms with E-state index in [0.29, 0.717) is 11.0 Å². The predicted octanol–water partition coefficient (Wildman–Crippen LogP) is 2.23. The van der Waals surface area contributed by atoms with E-state index < -0.39 is 11.1 Å². The second-order valence-corrected chi connectivity index (χ2v) is 6.28. The summed E-state index contributed by atoms with van der Waals surface area (Å²) in [6.07, 6.45) is 1.56. The van der Waals surface area contributed by atoms with Crippen LogP contribution in [0.3, 0.4) is 0 Å². The topological polar surface area (TPSA) is 73.1 Å². The lowest BCUT2D eigenvalue weighted by molar-refractivity contribution is -0.122. The summed E-state index contributed by atoms with van der Waals surface area (Å²) in [6, 6.07) is 16.4. The highest BCUT2D eigenvalue weighted by Gasteiger charge is 2.16. The van der Waals surface area contributed by atoms with Gasteiger partial charge in [-0.1, -0.05) is 48.5 Å². The van der Waals surface area contributed by atoms with E-state index in [9.17, 15) is 14.4 Å². The van der Waals surface area contributed by atoms with Crippen molar-refractivity contribution in [3.05, 3.63) is 93.5 Å². The standard InChI is InChI=1S/C21H21N3O3/c1-3-13-23-17-11-7-8-12-18(17)24(21(27)20(23)26)14-19(25)22-15(2)16-9-5-4-6-10-16/h3-12,15H,1,13-14H2,2H3,(H,22,25). The quantitative estimate of drug-likeness (QED) is 0.539. The van der Waals surface area contributed by atoms with Gasteiger partial charge >= 0.3 is 11.1 Å². The third-order valence-electron chi connectivity index (χ3n) is 4.43. The van der Waals surface area contributed by atoms with E-state index in [1.807, 2.05) is 37.3 Å². The molecule has 0 spiro atoms. The van der Waals surface area contributed by atoms with E-state index >= 15 is 0 Å². The second-order valence-electron chi connectivity index (χ2n) is 6.28. The van der Waals surface area contributed by atoms with Crippen LogP contribution in [-0.4, -0.2) is 15.0 Å². The Morgan fingerprint density at radius 1 is 1.00 bits per heavy atom. The predicted molar refractivity (Wildman–Crippen MR) is 106 cm³/mol. The van der Waals surface area contributed by atoms with Crippen molar-refractivity contribution in [1.29, 1.82) is 0 Å². The van der Waals surface area contributed by atoms with E-state index in [1.54, 1.807) is 30.3 Å². The molecule has 0 saturated heterocycles. The fourth-order valence-corrected chi connectivity index (χ4v) is 3.09. The molecule has 1 aromatic heterocycles. The average molecular weight is 363 g/mol. The molecule has 1 unspecified atom stereocenters. The number of fused-ring (bicyclic) bond motifs is 1. The first kappa shape index (κ1) is 18.4. The van der Waals surface area contributed by atoms with Crippen LogP contribution in [0.2, 0.25) is 0 Å². The number of carbonyl (C=O) groups is 1. The number of amides is 1. The molecule has 6 heteroatoms. The number of rotatable bonds is 6. The van der Waals surface area contributed by atoms with Gasteiger partial charge in [-0.15, -0.1) is 6.58 Å². The highest BCUT2D eigenvalue weighted by atomic mass is 16.2. The molecule has 27 heavy (non-hydrogen) atoms. The van der Waals surface area contributed by atoms with E-state index in [4.69, 9.17) is 0 Å². The van der Waals surface area contributed by atoms with Gasteiger partial charge in [-0.3, -0.25) is 23.5 Å². The Hall–Kier alpha value is -3.41. The summed E-state index contributed by atoms with van der Waals surface area (Å²) >= 11 is 0. The first-order valence-corrected chi connectivity index (χ1v) is 8.70. The number of allylic oxidation sites excluding steroid dienone is 1. The molecular weight excluding hydrogens is 342 g/mol. The van der Waals surface area contributed by atoms with Crippen LogP contribution in [0.15, 0.2) is 76.8 Å². The summed E-state index contributed by atoms with van der Waals surface area (Å²) in [4.78, 5) is 37.6. The van der Waals surface area contributed by atoms with Crippen LogP contribution in [-0.2, 0) is 17.9 Å². The summed E-state index contributed by atoms with van der Waals surface area (Å²) in [5, 5.41) is 2.87. The van der Waals surface area contributed by atoms with E-state index in [0.717, 1.165) is 5.56 Å². The molecule has 3 aromatic rings. The lowest BCUT2D eigenvalue weighted by Crippen LogP contribution is -2.44. The van der Waals surface area contributed by atoms with Crippen molar-refractivity contribution in [1.82, 2.24) is 14.5 Å². The van der Waals surface area contributed by atoms with Gasteiger partial charge in [0.15, 0.2) is 0 Å². The second kappa shape index (κ2) is 7.86. The number of carbonyl (C=O) groups excluding carboxylic acids is 1. The molecule has 1 N–H and O–H groups in total. The molecule has 0 aliphatic heterocycles. The Morgan fingerprint density at radius 3 is 2.19 bits per heavy atom. The molecule has 1 heterocycles. The minimum absolute atomic E-state index is 0.207. The Labute approximate surface area is 156 Å². The monoisotopic (exact) mass is 363 g/mol. The average Bonchev–Trinajstić information content (AvgIpc) is 2.69. The molecule has 138 valence electrons. The minimum Gasteiger partial charge on any atom is -0.348 e. The molecule has 0 bridgehead atoms. The van der Waals surface area contributed by atoms with E-state index in [1.165, 1.54) is 9.13 Å². The number of hydrogen-bond donors (Lipinski definition) is 1. The molecule has 1 atom stereocenters. The van der Waals surface area contributed by atoms with Crippen molar-refractivity contribution in [2.45, 2.75) is 26.1 Å². The summed E-state index contributed by atoms with van der Waals surface area (Å²) < 4.78 is 2.59. The molecular formula is C21H21N3O3. The van der Waals surface area contributed by atoms with Gasteiger partial charge < -0.3 is 5.32 Å². The SMILES string of the molecule is C=CCn1c(=O)c(=O)n(CC(=O)NC(C)c2ccccc2)c2ccccc21. The molecule has 0 radical (unpaired) electrons. The van der Waals surface area contributed by atoms with Crippen LogP contribution in [0.25, 0.3) is 11.0 Å². The Morgan fingerprint density at radius 2 is 1.56 bits per heavy atom. The third kappa shape index (κ3) is 3.74. The Bertz CT molecular complexity index is 1100. The van der Waals surface area contributed by atoms with Gasteiger partial charge in [-0.25, -0.2) is 0 Å². The number of hydrogen-bond acceptors (Lipinski definition) is 3. The highest BCUT2D eigenvalue weighted by molar-refractivity contribution is 5.80. The zero-order chi connectivity index (χ0) is 19.4. The number of benzene rings is 2. The van der Waals surface area contributed by atoms with Gasteiger partial charge in [0.1, 0.15) is 6.54 Å². The summed E-state index contributed by atoms with van der Waals surface area (Å²) in [5.74, 6) is -0.334. The molecule has 1 amide bonds. The smallest absolute Gasteiger partial charge is 0.317 e. The molecule has 2 aromatic carbocycles. The summed E-state index contributed by atoms with van der Waals surface area (Å²) in [6.45, 7) is 5.51. The highest BCUT2D eigenvalue weighted by Crippen LogP contribution is 2.13. The van der Waals surface area contributed by atoms with Crippen molar-refractivity contribution in [3.63, 3.8) is 0 Å². The van der Waals surface area contributed by atoms with Crippen LogP contribution in [0.4, 0.5) is 0 Å². The van der Waals surface area contributed by atoms with Crippen molar-refractivity contribution < 1.29 is 4.79 Å². The summed E-state index contributed by atoms with van der Waals surface area (Å²) in [5.41, 5.74) is 0.692. The molecule has 0 aliphatic carbocycles. The van der Waals surface area contributed by atoms with Crippen molar-refractivity contribution >= 4 is 16.9 Å². The normalized spacial score (nSPS) is 11.9. The maximum atomic E-state index is 12.6. The minimum atomic E-state index is -0.724. The van der Waals surface area contributed by atoms with Crippen LogP contribution in [0.1, 0.15) is 18.5 Å². The molecule has 0 aliphatic rings. The fourth-order valence-electron chi connectivity index (χ4n) is 3.09. The van der Waals surface area contributed by atoms with E-state index in [-0.39, 0.29) is 25.0 Å². The van der Waals surface area contributed by atoms with Gasteiger partial charge in [0.2, 0.25) is 5.91 Å². The zero-order valence-corrected chi connectivity index (χ0v) is 15.1. The van der Waals surface area contributed by atoms with Crippen LogP contribution in [0.5, 0.6) is 0 Å². The van der Waals surface area contributed by atoms with E-state index in [2.05, 4.69) is 11.9 Å². The number of para-hydroxylation sites is 2. The number of aromatic nitrogens is 2. The molecule has 0 saturated carbocycles. The largest absolute Gasteiger partial charge is 0.348 e. The van der Waals surface area contributed by atoms with Crippen LogP contribution in [0, 0.1) is 0 Å². The zero-order valence-electron chi connectivity index (χ0n) is 15.1.